The van der Waals surface area contributed by atoms with Crippen molar-refractivity contribution in [2.24, 2.45) is 0 Å². The third-order valence-electron chi connectivity index (χ3n) is 4.07. The zero-order chi connectivity index (χ0) is 18.9. The van der Waals surface area contributed by atoms with Gasteiger partial charge in [0, 0.05) is 37.9 Å². The molecule has 26 heavy (non-hydrogen) atoms. The molecule has 1 unspecified atom stereocenters. The molecule has 0 aliphatic rings. The van der Waals surface area contributed by atoms with Crippen molar-refractivity contribution in [3.8, 4) is 0 Å². The summed E-state index contributed by atoms with van der Waals surface area (Å²) in [5, 5.41) is 15.2. The zero-order valence-electron chi connectivity index (χ0n) is 15.1. The molecule has 0 radical (unpaired) electrons. The van der Waals surface area contributed by atoms with Crippen molar-refractivity contribution in [2.75, 3.05) is 24.5 Å². The minimum absolute atomic E-state index is 0.0775. The fraction of sp³-hybridized carbons (Fsp3) is 0.368. The Bertz CT molecular complexity index is 705. The van der Waals surface area contributed by atoms with Crippen LogP contribution in [0.3, 0.4) is 0 Å². The summed E-state index contributed by atoms with van der Waals surface area (Å²) in [4.78, 5) is 18.4. The lowest BCUT2D eigenvalue weighted by atomic mass is 10.1. The van der Waals surface area contributed by atoms with E-state index in [2.05, 4.69) is 34.4 Å². The Morgan fingerprint density at radius 1 is 1.19 bits per heavy atom. The lowest BCUT2D eigenvalue weighted by Gasteiger charge is -2.19. The van der Waals surface area contributed by atoms with Crippen LogP contribution in [0, 0.1) is 5.82 Å². The van der Waals surface area contributed by atoms with E-state index in [4.69, 9.17) is 0 Å². The number of benzene rings is 1. The Balaban J connectivity index is 1.79. The summed E-state index contributed by atoms with van der Waals surface area (Å²) in [5.74, 6) is 0.401. The minimum atomic E-state index is -1.10. The number of halogens is 1. The van der Waals surface area contributed by atoms with Crippen molar-refractivity contribution < 1.29 is 14.3 Å². The van der Waals surface area contributed by atoms with Crippen LogP contribution >= 0.6 is 0 Å². The van der Waals surface area contributed by atoms with Gasteiger partial charge in [-0.3, -0.25) is 0 Å². The monoisotopic (exact) mass is 360 g/mol. The molecule has 1 aromatic heterocycles. The first-order valence-electron chi connectivity index (χ1n) is 8.69. The second-order valence-electron chi connectivity index (χ2n) is 5.80. The highest BCUT2D eigenvalue weighted by Crippen LogP contribution is 2.15. The molecular weight excluding hydrogens is 335 g/mol. The number of hydrogen-bond acceptors (Lipinski definition) is 4. The first kappa shape index (κ1) is 19.7. The number of aliphatic hydroxyl groups excluding tert-OH is 1. The highest BCUT2D eigenvalue weighted by Gasteiger charge is 2.13. The Labute approximate surface area is 153 Å². The van der Waals surface area contributed by atoms with E-state index in [1.54, 1.807) is 18.3 Å². The van der Waals surface area contributed by atoms with E-state index in [1.807, 2.05) is 12.1 Å². The summed E-state index contributed by atoms with van der Waals surface area (Å²) in [6, 6.07) is 9.34. The van der Waals surface area contributed by atoms with Crippen LogP contribution in [0.15, 0.2) is 42.6 Å². The molecule has 0 fully saturated rings. The fourth-order valence-corrected chi connectivity index (χ4v) is 2.55. The molecule has 1 aromatic carbocycles. The van der Waals surface area contributed by atoms with Crippen molar-refractivity contribution in [1.82, 2.24) is 15.6 Å². The number of rotatable bonds is 8. The predicted octanol–water partition coefficient (Wildman–Crippen LogP) is 2.60. The summed E-state index contributed by atoms with van der Waals surface area (Å²) in [5.41, 5.74) is 1.02. The van der Waals surface area contributed by atoms with Gasteiger partial charge >= 0.3 is 6.03 Å². The fourth-order valence-electron chi connectivity index (χ4n) is 2.55. The van der Waals surface area contributed by atoms with Gasteiger partial charge in [0.2, 0.25) is 0 Å². The molecule has 2 amide bonds. The third-order valence-corrected chi connectivity index (χ3v) is 4.07. The second-order valence-corrected chi connectivity index (χ2v) is 5.80. The van der Waals surface area contributed by atoms with Gasteiger partial charge in [0.25, 0.3) is 0 Å². The molecule has 0 spiro atoms. The molecule has 140 valence electrons. The van der Waals surface area contributed by atoms with Gasteiger partial charge in [-0.05, 0) is 31.5 Å². The van der Waals surface area contributed by atoms with Crippen LogP contribution in [0.25, 0.3) is 0 Å². The smallest absolute Gasteiger partial charge is 0.315 e. The SMILES string of the molecule is CCN(CC)c1ccc(CNC(=O)NCC(O)c2ccccc2F)cn1. The van der Waals surface area contributed by atoms with Gasteiger partial charge in [-0.25, -0.2) is 14.2 Å². The van der Waals surface area contributed by atoms with Crippen LogP contribution in [-0.2, 0) is 6.54 Å². The molecule has 2 aromatic rings. The highest BCUT2D eigenvalue weighted by molar-refractivity contribution is 5.73. The molecule has 0 bridgehead atoms. The minimum Gasteiger partial charge on any atom is -0.386 e. The summed E-state index contributed by atoms with van der Waals surface area (Å²) >= 11 is 0. The van der Waals surface area contributed by atoms with Crippen molar-refractivity contribution in [1.29, 1.82) is 0 Å². The zero-order valence-corrected chi connectivity index (χ0v) is 15.1. The maximum absolute atomic E-state index is 13.6. The van der Waals surface area contributed by atoms with E-state index >= 15 is 0 Å². The molecule has 0 saturated carbocycles. The molecule has 1 atom stereocenters. The lowest BCUT2D eigenvalue weighted by molar-refractivity contribution is 0.169. The number of aromatic nitrogens is 1. The summed E-state index contributed by atoms with van der Waals surface area (Å²) in [7, 11) is 0. The molecule has 2 rings (SSSR count). The van der Waals surface area contributed by atoms with Crippen molar-refractivity contribution >= 4 is 11.8 Å². The number of amides is 2. The van der Waals surface area contributed by atoms with Crippen LogP contribution in [0.1, 0.15) is 31.1 Å². The van der Waals surface area contributed by atoms with Gasteiger partial charge in [0.05, 0.1) is 6.10 Å². The van der Waals surface area contributed by atoms with Gasteiger partial charge in [0.1, 0.15) is 11.6 Å². The molecular formula is C19H25FN4O2. The van der Waals surface area contributed by atoms with Crippen molar-refractivity contribution in [2.45, 2.75) is 26.5 Å². The van der Waals surface area contributed by atoms with Crippen LogP contribution in [0.4, 0.5) is 15.0 Å². The van der Waals surface area contributed by atoms with Crippen LogP contribution < -0.4 is 15.5 Å². The first-order valence-corrected chi connectivity index (χ1v) is 8.69. The van der Waals surface area contributed by atoms with E-state index in [0.29, 0.717) is 6.54 Å². The molecule has 1 heterocycles. The van der Waals surface area contributed by atoms with Gasteiger partial charge in [-0.15, -0.1) is 0 Å². The van der Waals surface area contributed by atoms with Gasteiger partial charge in [-0.1, -0.05) is 24.3 Å². The van der Waals surface area contributed by atoms with Gasteiger partial charge in [0.15, 0.2) is 0 Å². The number of nitrogens with zero attached hydrogens (tertiary/aromatic N) is 2. The Morgan fingerprint density at radius 2 is 1.92 bits per heavy atom. The maximum Gasteiger partial charge on any atom is 0.315 e. The van der Waals surface area contributed by atoms with E-state index in [0.717, 1.165) is 24.5 Å². The number of pyridine rings is 1. The van der Waals surface area contributed by atoms with Gasteiger partial charge in [-0.2, -0.15) is 0 Å². The quantitative estimate of drug-likeness (QED) is 0.676. The number of urea groups is 1. The number of hydrogen-bond donors (Lipinski definition) is 3. The molecule has 0 aliphatic carbocycles. The molecule has 3 N–H and O–H groups in total. The van der Waals surface area contributed by atoms with Crippen molar-refractivity contribution in [3.63, 3.8) is 0 Å². The normalized spacial score (nSPS) is 11.7. The topological polar surface area (TPSA) is 77.5 Å². The number of carbonyl (C=O) groups excluding carboxylic acids is 1. The maximum atomic E-state index is 13.6. The second kappa shape index (κ2) is 9.72. The molecule has 7 heteroatoms. The van der Waals surface area contributed by atoms with E-state index < -0.39 is 18.0 Å². The average molecular weight is 360 g/mol. The third kappa shape index (κ3) is 5.42. The Kier molecular flexibility index (Phi) is 7.35. The lowest BCUT2D eigenvalue weighted by Crippen LogP contribution is -2.37. The molecule has 0 saturated heterocycles. The summed E-state index contributed by atoms with van der Waals surface area (Å²) in [6.07, 6.45) is 0.624. The van der Waals surface area contributed by atoms with Crippen molar-refractivity contribution in [3.05, 3.63) is 59.5 Å². The predicted molar refractivity (Wildman–Crippen MR) is 99.4 cm³/mol. The van der Waals surface area contributed by atoms with Crippen LogP contribution in [0.5, 0.6) is 0 Å². The average Bonchev–Trinajstić information content (AvgIpc) is 2.66. The molecule has 6 nitrogen and oxygen atoms in total. The molecule has 0 aliphatic heterocycles. The van der Waals surface area contributed by atoms with Crippen LogP contribution in [0.2, 0.25) is 0 Å². The largest absolute Gasteiger partial charge is 0.386 e. The number of nitrogens with one attached hydrogen (secondary N) is 2. The van der Waals surface area contributed by atoms with E-state index in [1.165, 1.54) is 12.1 Å². The highest BCUT2D eigenvalue weighted by atomic mass is 19.1. The van der Waals surface area contributed by atoms with E-state index in [-0.39, 0.29) is 12.1 Å². The first-order chi connectivity index (χ1) is 12.5. The number of anilines is 1. The number of carbonyl (C=O) groups is 1. The van der Waals surface area contributed by atoms with E-state index in [9.17, 15) is 14.3 Å². The summed E-state index contributed by atoms with van der Waals surface area (Å²) in [6.45, 7) is 6.14. The Morgan fingerprint density at radius 3 is 2.54 bits per heavy atom. The number of aliphatic hydroxyl groups is 1. The summed E-state index contributed by atoms with van der Waals surface area (Å²) < 4.78 is 13.6. The van der Waals surface area contributed by atoms with Gasteiger partial charge < -0.3 is 20.6 Å². The Hall–Kier alpha value is -2.67. The standard InChI is InChI=1S/C19H25FN4O2/c1-3-24(4-2)18-10-9-14(11-21-18)12-22-19(26)23-13-17(25)15-7-5-6-8-16(15)20/h5-11,17,25H,3-4,12-13H2,1-2H3,(H2,22,23,26). The van der Waals surface area contributed by atoms with Crippen LogP contribution in [-0.4, -0.2) is 35.8 Å².